The highest BCUT2D eigenvalue weighted by molar-refractivity contribution is 5.73. The predicted octanol–water partition coefficient (Wildman–Crippen LogP) is 0.579. The normalized spacial score (nSPS) is 16.4. The molecule has 4 N–H and O–H groups in total. The van der Waals surface area contributed by atoms with E-state index < -0.39 is 0 Å². The average Bonchev–Trinajstić information content (AvgIpc) is 2.41. The molecule has 0 unspecified atom stereocenters. The molecule has 0 aromatic carbocycles. The van der Waals surface area contributed by atoms with Crippen molar-refractivity contribution in [1.82, 2.24) is 9.88 Å². The summed E-state index contributed by atoms with van der Waals surface area (Å²) in [6.45, 7) is 3.04. The van der Waals surface area contributed by atoms with Crippen molar-refractivity contribution in [3.63, 3.8) is 0 Å². The average molecular weight is 264 g/mol. The number of hydrogen-bond donors (Lipinski definition) is 3. The lowest BCUT2D eigenvalue weighted by Crippen LogP contribution is -2.41. The number of nitrogens with two attached hydrogens (primary N) is 1. The Morgan fingerprint density at radius 2 is 2.21 bits per heavy atom. The number of carbonyl (C=O) groups excluding carboxylic acids is 1. The number of hydrogen-bond acceptors (Lipinski definition) is 5. The Hall–Kier alpha value is -1.82. The lowest BCUT2D eigenvalue weighted by molar-refractivity contribution is -0.129. The van der Waals surface area contributed by atoms with Gasteiger partial charge in [-0.15, -0.1) is 0 Å². The van der Waals surface area contributed by atoms with Gasteiger partial charge in [-0.1, -0.05) is 0 Å². The first-order chi connectivity index (χ1) is 9.10. The van der Waals surface area contributed by atoms with Gasteiger partial charge >= 0.3 is 0 Å². The van der Waals surface area contributed by atoms with E-state index >= 15 is 0 Å². The van der Waals surface area contributed by atoms with E-state index in [1.807, 2.05) is 11.0 Å². The van der Waals surface area contributed by atoms with Crippen LogP contribution in [0.15, 0.2) is 12.1 Å². The van der Waals surface area contributed by atoms with E-state index in [1.54, 1.807) is 13.0 Å². The molecule has 1 amide bonds. The van der Waals surface area contributed by atoms with Crippen LogP contribution in [0.3, 0.4) is 0 Å². The van der Waals surface area contributed by atoms with E-state index in [1.165, 1.54) is 0 Å². The summed E-state index contributed by atoms with van der Waals surface area (Å²) >= 11 is 0. The summed E-state index contributed by atoms with van der Waals surface area (Å²) in [5.41, 5.74) is 7.19. The maximum Gasteiger partial charge on any atom is 0.219 e. The molecule has 0 bridgehead atoms. The van der Waals surface area contributed by atoms with Crippen molar-refractivity contribution in [2.24, 2.45) is 0 Å². The molecule has 2 heterocycles. The van der Waals surface area contributed by atoms with E-state index in [0.29, 0.717) is 17.6 Å². The zero-order valence-corrected chi connectivity index (χ0v) is 11.1. The molecule has 1 saturated heterocycles. The summed E-state index contributed by atoms with van der Waals surface area (Å²) in [6.07, 6.45) is 1.81. The van der Waals surface area contributed by atoms with Crippen molar-refractivity contribution in [2.45, 2.75) is 32.4 Å². The van der Waals surface area contributed by atoms with Gasteiger partial charge in [0.1, 0.15) is 5.82 Å². The Bertz CT molecular complexity index is 456. The summed E-state index contributed by atoms with van der Waals surface area (Å²) in [5, 5.41) is 12.3. The quantitative estimate of drug-likeness (QED) is 0.742. The molecule has 0 atom stereocenters. The van der Waals surface area contributed by atoms with Crippen LogP contribution in [-0.4, -0.2) is 40.0 Å². The molecule has 1 aliphatic heterocycles. The Labute approximate surface area is 112 Å². The van der Waals surface area contributed by atoms with Gasteiger partial charge < -0.3 is 21.1 Å². The molecule has 1 aromatic rings. The third-order valence-corrected chi connectivity index (χ3v) is 3.44. The molecule has 1 aliphatic rings. The molecule has 1 aromatic heterocycles. The number of aromatic nitrogens is 1. The minimum absolute atomic E-state index is 0.110. The Balaban J connectivity index is 1.94. The molecule has 104 valence electrons. The number of likely N-dealkylation sites (tertiary alicyclic amines) is 1. The first-order valence-electron chi connectivity index (χ1n) is 6.48. The second kappa shape index (κ2) is 5.88. The third-order valence-electron chi connectivity index (χ3n) is 3.44. The minimum atomic E-state index is -0.110. The number of nitrogen functional groups attached to an aromatic ring is 1. The third kappa shape index (κ3) is 3.35. The molecular weight excluding hydrogens is 244 g/mol. The minimum Gasteiger partial charge on any atom is -0.390 e. The lowest BCUT2D eigenvalue weighted by Gasteiger charge is -2.32. The highest BCUT2D eigenvalue weighted by Gasteiger charge is 2.21. The molecule has 0 radical (unpaired) electrons. The van der Waals surface area contributed by atoms with E-state index in [2.05, 4.69) is 10.3 Å². The first kappa shape index (κ1) is 13.6. The van der Waals surface area contributed by atoms with Gasteiger partial charge in [0.25, 0.3) is 0 Å². The lowest BCUT2D eigenvalue weighted by atomic mass is 10.0. The van der Waals surface area contributed by atoms with Crippen molar-refractivity contribution >= 4 is 17.4 Å². The molecule has 0 spiro atoms. The number of nitrogens with zero attached hydrogens (tertiary/aromatic N) is 2. The fourth-order valence-electron chi connectivity index (χ4n) is 2.29. The maximum absolute atomic E-state index is 11.2. The Morgan fingerprint density at radius 3 is 2.74 bits per heavy atom. The van der Waals surface area contributed by atoms with Gasteiger partial charge in [0.05, 0.1) is 18.0 Å². The number of rotatable bonds is 3. The number of aliphatic hydroxyl groups is 1. The number of aliphatic hydroxyl groups excluding tert-OH is 1. The number of nitrogens with one attached hydrogen (secondary N) is 1. The molecule has 6 heteroatoms. The smallest absolute Gasteiger partial charge is 0.219 e. The van der Waals surface area contributed by atoms with Gasteiger partial charge in [-0.2, -0.15) is 0 Å². The summed E-state index contributed by atoms with van der Waals surface area (Å²) < 4.78 is 0. The second-order valence-electron chi connectivity index (χ2n) is 4.82. The topological polar surface area (TPSA) is 91.5 Å². The van der Waals surface area contributed by atoms with Gasteiger partial charge in [-0.3, -0.25) is 4.79 Å². The molecule has 0 aliphatic carbocycles. The van der Waals surface area contributed by atoms with E-state index in [9.17, 15) is 4.79 Å². The fourth-order valence-corrected chi connectivity index (χ4v) is 2.29. The largest absolute Gasteiger partial charge is 0.390 e. The predicted molar refractivity (Wildman–Crippen MR) is 73.5 cm³/mol. The Morgan fingerprint density at radius 1 is 1.53 bits per heavy atom. The van der Waals surface area contributed by atoms with Crippen LogP contribution in [0.25, 0.3) is 0 Å². The van der Waals surface area contributed by atoms with Crippen molar-refractivity contribution in [3.8, 4) is 0 Å². The molecular formula is C13H20N4O2. The highest BCUT2D eigenvalue weighted by Crippen LogP contribution is 2.21. The first-order valence-corrected chi connectivity index (χ1v) is 6.48. The van der Waals surface area contributed by atoms with Crippen LogP contribution in [0.5, 0.6) is 0 Å². The number of pyridine rings is 1. The van der Waals surface area contributed by atoms with Crippen molar-refractivity contribution in [2.75, 3.05) is 24.1 Å². The summed E-state index contributed by atoms with van der Waals surface area (Å²) in [4.78, 5) is 17.2. The highest BCUT2D eigenvalue weighted by atomic mass is 16.3. The number of anilines is 2. The molecule has 19 heavy (non-hydrogen) atoms. The van der Waals surface area contributed by atoms with Crippen LogP contribution in [0.4, 0.5) is 11.5 Å². The van der Waals surface area contributed by atoms with Crippen molar-refractivity contribution < 1.29 is 9.90 Å². The number of piperidine rings is 1. The van der Waals surface area contributed by atoms with Crippen LogP contribution in [0, 0.1) is 0 Å². The fraction of sp³-hybridized carbons (Fsp3) is 0.538. The van der Waals surface area contributed by atoms with Gasteiger partial charge in [-0.25, -0.2) is 4.98 Å². The van der Waals surface area contributed by atoms with E-state index in [4.69, 9.17) is 10.8 Å². The van der Waals surface area contributed by atoms with Gasteiger partial charge in [0.2, 0.25) is 5.91 Å². The summed E-state index contributed by atoms with van der Waals surface area (Å²) in [6, 6.07) is 3.90. The maximum atomic E-state index is 11.2. The number of amides is 1. The number of carbonyl (C=O) groups is 1. The molecule has 6 nitrogen and oxygen atoms in total. The van der Waals surface area contributed by atoms with Crippen LogP contribution in [0.2, 0.25) is 0 Å². The monoisotopic (exact) mass is 264 g/mol. The summed E-state index contributed by atoms with van der Waals surface area (Å²) in [5.74, 6) is 0.535. The molecule has 2 rings (SSSR count). The van der Waals surface area contributed by atoms with E-state index in [-0.39, 0.29) is 12.5 Å². The second-order valence-corrected chi connectivity index (χ2v) is 4.82. The van der Waals surface area contributed by atoms with Gasteiger partial charge in [-0.05, 0) is 25.0 Å². The van der Waals surface area contributed by atoms with Gasteiger partial charge in [0.15, 0.2) is 0 Å². The summed E-state index contributed by atoms with van der Waals surface area (Å²) in [7, 11) is 0. The van der Waals surface area contributed by atoms with E-state index in [0.717, 1.165) is 31.6 Å². The zero-order chi connectivity index (χ0) is 13.8. The molecule has 0 saturated carbocycles. The Kier molecular flexibility index (Phi) is 4.21. The van der Waals surface area contributed by atoms with Crippen LogP contribution >= 0.6 is 0 Å². The standard InChI is InChI=1S/C13H20N4O2/c1-9(19)17-6-4-10(5-7-17)15-12-3-2-11(8-18)16-13(12)14/h2-3,10,15,18H,4-8H2,1H3,(H2,14,16). The van der Waals surface area contributed by atoms with Crippen LogP contribution < -0.4 is 11.1 Å². The van der Waals surface area contributed by atoms with Gasteiger partial charge in [0, 0.05) is 26.1 Å². The molecule has 1 fully saturated rings. The van der Waals surface area contributed by atoms with Crippen LogP contribution in [-0.2, 0) is 11.4 Å². The van der Waals surface area contributed by atoms with Crippen molar-refractivity contribution in [1.29, 1.82) is 0 Å². The van der Waals surface area contributed by atoms with Crippen LogP contribution in [0.1, 0.15) is 25.5 Å². The zero-order valence-electron chi connectivity index (χ0n) is 11.1. The SMILES string of the molecule is CC(=O)N1CCC(Nc2ccc(CO)nc2N)CC1. The van der Waals surface area contributed by atoms with Crippen molar-refractivity contribution in [3.05, 3.63) is 17.8 Å².